The fourth-order valence-electron chi connectivity index (χ4n) is 8.25. The van der Waals surface area contributed by atoms with Crippen LogP contribution in [0, 0.1) is 17.3 Å². The second-order valence-corrected chi connectivity index (χ2v) is 11.5. The number of nitrogens with zero attached hydrogens (tertiary/aromatic N) is 1. The summed E-state index contributed by atoms with van der Waals surface area (Å²) < 4.78 is 6.42. The second-order valence-electron chi connectivity index (χ2n) is 11.5. The molecule has 4 nitrogen and oxygen atoms in total. The monoisotopic (exact) mass is 463 g/mol. The van der Waals surface area contributed by atoms with Crippen LogP contribution in [-0.2, 0) is 9.53 Å². The first-order chi connectivity index (χ1) is 16.3. The molecule has 0 heterocycles. The van der Waals surface area contributed by atoms with E-state index in [1.807, 2.05) is 13.2 Å². The molecule has 1 aromatic carbocycles. The number of anilines is 1. The van der Waals surface area contributed by atoms with Crippen molar-refractivity contribution in [3.8, 4) is 0 Å². The molecule has 1 N–H and O–H groups in total. The molecule has 2 fully saturated rings. The van der Waals surface area contributed by atoms with Crippen molar-refractivity contribution in [3.63, 3.8) is 0 Å². The summed E-state index contributed by atoms with van der Waals surface area (Å²) in [5.74, 6) is 1.82. The summed E-state index contributed by atoms with van der Waals surface area (Å²) in [5.41, 5.74) is 6.98. The lowest BCUT2D eigenvalue weighted by atomic mass is 9.50. The van der Waals surface area contributed by atoms with E-state index in [0.29, 0.717) is 30.0 Å². The van der Waals surface area contributed by atoms with E-state index >= 15 is 0 Å². The predicted octanol–water partition coefficient (Wildman–Crippen LogP) is 5.81. The van der Waals surface area contributed by atoms with E-state index in [1.165, 1.54) is 28.8 Å². The summed E-state index contributed by atoms with van der Waals surface area (Å²) in [6.45, 7) is 2.71. The van der Waals surface area contributed by atoms with Gasteiger partial charge in [-0.15, -0.1) is 0 Å². The van der Waals surface area contributed by atoms with Crippen LogP contribution in [0.1, 0.15) is 76.2 Å². The predicted molar refractivity (Wildman–Crippen MR) is 137 cm³/mol. The maximum atomic E-state index is 12.2. The Morgan fingerprint density at radius 2 is 1.88 bits per heavy atom. The topological polar surface area (TPSA) is 49.8 Å². The summed E-state index contributed by atoms with van der Waals surface area (Å²) >= 11 is 0. The number of carbonyl (C=O) groups excluding carboxylic acids is 1. The van der Waals surface area contributed by atoms with Crippen molar-refractivity contribution in [2.75, 3.05) is 32.7 Å². The molecule has 5 atom stereocenters. The number of allylic oxidation sites excluding steroid dienone is 4. The van der Waals surface area contributed by atoms with Gasteiger partial charge in [0.25, 0.3) is 0 Å². The van der Waals surface area contributed by atoms with Gasteiger partial charge in [-0.05, 0) is 98.1 Å². The van der Waals surface area contributed by atoms with Crippen LogP contribution in [0.3, 0.4) is 0 Å². The van der Waals surface area contributed by atoms with Crippen molar-refractivity contribution in [1.82, 2.24) is 0 Å². The molecular weight excluding hydrogens is 422 g/mol. The van der Waals surface area contributed by atoms with E-state index in [1.54, 1.807) is 5.57 Å². The van der Waals surface area contributed by atoms with Gasteiger partial charge in [0.2, 0.25) is 0 Å². The molecule has 0 radical (unpaired) electrons. The first-order valence-corrected chi connectivity index (χ1v) is 13.2. The highest BCUT2D eigenvalue weighted by Crippen LogP contribution is 2.68. The fourth-order valence-corrected chi connectivity index (χ4v) is 8.25. The quantitative estimate of drug-likeness (QED) is 0.578. The van der Waals surface area contributed by atoms with E-state index in [9.17, 15) is 9.90 Å². The van der Waals surface area contributed by atoms with Crippen molar-refractivity contribution in [3.05, 3.63) is 52.6 Å². The maximum Gasteiger partial charge on any atom is 0.156 e. The number of benzene rings is 1. The summed E-state index contributed by atoms with van der Waals surface area (Å²) in [5, 5.41) is 9.65. The molecule has 2 saturated carbocycles. The molecular formula is C30H41NO3. The highest BCUT2D eigenvalue weighted by molar-refractivity contribution is 5.93. The zero-order valence-electron chi connectivity index (χ0n) is 21.4. The van der Waals surface area contributed by atoms with Crippen LogP contribution in [-0.4, -0.2) is 44.3 Å². The largest absolute Gasteiger partial charge is 0.396 e. The van der Waals surface area contributed by atoms with Crippen LogP contribution in [0.2, 0.25) is 0 Å². The van der Waals surface area contributed by atoms with Gasteiger partial charge in [-0.3, -0.25) is 4.79 Å². The van der Waals surface area contributed by atoms with Gasteiger partial charge in [-0.1, -0.05) is 24.6 Å². The summed E-state index contributed by atoms with van der Waals surface area (Å²) in [4.78, 5) is 14.4. The Kier molecular flexibility index (Phi) is 6.27. The smallest absolute Gasteiger partial charge is 0.156 e. The first-order valence-electron chi connectivity index (χ1n) is 13.2. The van der Waals surface area contributed by atoms with Crippen LogP contribution >= 0.6 is 0 Å². The highest BCUT2D eigenvalue weighted by atomic mass is 16.5. The molecule has 1 aromatic rings. The Morgan fingerprint density at radius 1 is 1.12 bits per heavy atom. The number of methoxy groups -OCH3 is 1. The van der Waals surface area contributed by atoms with Crippen molar-refractivity contribution >= 4 is 11.5 Å². The molecule has 0 spiro atoms. The normalized spacial score (nSPS) is 34.9. The zero-order chi connectivity index (χ0) is 24.1. The van der Waals surface area contributed by atoms with Crippen molar-refractivity contribution in [2.24, 2.45) is 17.3 Å². The molecule has 0 aromatic heterocycles. The average molecular weight is 464 g/mol. The molecule has 4 aliphatic carbocycles. The van der Waals surface area contributed by atoms with E-state index in [0.717, 1.165) is 44.9 Å². The number of ether oxygens (including phenoxy) is 1. The summed E-state index contributed by atoms with van der Waals surface area (Å²) in [6, 6.07) is 9.16. The Hall–Kier alpha value is -1.91. The molecule has 0 aliphatic heterocycles. The Morgan fingerprint density at radius 3 is 2.56 bits per heavy atom. The Balaban J connectivity index is 1.64. The van der Waals surface area contributed by atoms with Crippen LogP contribution in [0.15, 0.2) is 47.1 Å². The Labute approximate surface area is 205 Å². The van der Waals surface area contributed by atoms with E-state index in [2.05, 4.69) is 50.2 Å². The van der Waals surface area contributed by atoms with Crippen molar-refractivity contribution in [1.29, 1.82) is 0 Å². The maximum absolute atomic E-state index is 12.2. The van der Waals surface area contributed by atoms with Gasteiger partial charge in [-0.2, -0.15) is 0 Å². The van der Waals surface area contributed by atoms with Gasteiger partial charge in [0.1, 0.15) is 0 Å². The number of aliphatic hydroxyl groups excluding tert-OH is 1. The van der Waals surface area contributed by atoms with Gasteiger partial charge in [0, 0.05) is 51.3 Å². The van der Waals surface area contributed by atoms with Gasteiger partial charge in [0.05, 0.1) is 5.60 Å². The number of fused-ring (bicyclic) bond motifs is 4. The number of hydrogen-bond donors (Lipinski definition) is 1. The minimum absolute atomic E-state index is 0.0717. The number of ketones is 1. The van der Waals surface area contributed by atoms with Crippen LogP contribution in [0.4, 0.5) is 5.69 Å². The fraction of sp³-hybridized carbons (Fsp3) is 0.633. The number of rotatable bonds is 6. The standard InChI is InChI=1S/C30H41NO3/c1-29-19-26(20-6-9-22(10-7-20)31(2)3)28-24-13-11-23(33)18-21(24)8-12-25(28)27(29)14-16-30(29,34-4)15-5-17-32/h6-7,9-10,18,25-27,32H,5,8,11-17,19H2,1-4H3/t25-,26+,27-,29?,30-/m0/s1. The summed E-state index contributed by atoms with van der Waals surface area (Å²) in [6.07, 6.45) is 10.8. The molecule has 34 heavy (non-hydrogen) atoms. The van der Waals surface area contributed by atoms with Gasteiger partial charge in [0.15, 0.2) is 5.78 Å². The average Bonchev–Trinajstić information content (AvgIpc) is 3.14. The van der Waals surface area contributed by atoms with E-state index < -0.39 is 0 Å². The van der Waals surface area contributed by atoms with Crippen LogP contribution in [0.25, 0.3) is 0 Å². The third-order valence-electron chi connectivity index (χ3n) is 9.97. The van der Waals surface area contributed by atoms with Crippen molar-refractivity contribution < 1.29 is 14.6 Å². The molecule has 4 aliphatic rings. The van der Waals surface area contributed by atoms with Gasteiger partial charge < -0.3 is 14.7 Å². The molecule has 0 bridgehead atoms. The highest BCUT2D eigenvalue weighted by Gasteiger charge is 2.63. The van der Waals surface area contributed by atoms with Crippen LogP contribution in [0.5, 0.6) is 0 Å². The molecule has 1 unspecified atom stereocenters. The first kappa shape index (κ1) is 23.8. The minimum Gasteiger partial charge on any atom is -0.396 e. The molecule has 5 rings (SSSR count). The Bertz CT molecular complexity index is 1010. The lowest BCUT2D eigenvalue weighted by molar-refractivity contribution is -0.125. The summed E-state index contributed by atoms with van der Waals surface area (Å²) in [7, 11) is 6.08. The lowest BCUT2D eigenvalue weighted by Gasteiger charge is -2.56. The zero-order valence-corrected chi connectivity index (χ0v) is 21.4. The van der Waals surface area contributed by atoms with E-state index in [-0.39, 0.29) is 17.6 Å². The third kappa shape index (κ3) is 3.60. The van der Waals surface area contributed by atoms with Gasteiger partial charge in [-0.25, -0.2) is 0 Å². The number of aliphatic hydroxyl groups is 1. The minimum atomic E-state index is -0.170. The number of carbonyl (C=O) groups is 1. The SMILES string of the molecule is CO[C@@]1(CCCO)CC[C@H]2[C@@H]3CCC4=CC(=O)CCC4=C3[C@@H](c3ccc(N(C)C)cc3)CC21C. The van der Waals surface area contributed by atoms with Crippen molar-refractivity contribution in [2.45, 2.75) is 76.2 Å². The molecule has 0 saturated heterocycles. The molecule has 4 heteroatoms. The molecule has 0 amide bonds. The van der Waals surface area contributed by atoms with Crippen LogP contribution < -0.4 is 4.90 Å². The van der Waals surface area contributed by atoms with E-state index in [4.69, 9.17) is 4.74 Å². The lowest BCUT2D eigenvalue weighted by Crippen LogP contribution is -2.52. The van der Waals surface area contributed by atoms with Gasteiger partial charge >= 0.3 is 0 Å². The number of hydrogen-bond acceptors (Lipinski definition) is 4. The third-order valence-corrected chi connectivity index (χ3v) is 9.97. The molecule has 184 valence electrons. The second kappa shape index (κ2) is 8.95.